The maximum absolute atomic E-state index is 12.8. The number of pyridine rings is 1. The van der Waals surface area contributed by atoms with Crippen LogP contribution in [0.5, 0.6) is 5.75 Å². The van der Waals surface area contributed by atoms with E-state index in [9.17, 15) is 18.0 Å². The van der Waals surface area contributed by atoms with Crippen molar-refractivity contribution in [2.24, 2.45) is 0 Å². The average Bonchev–Trinajstić information content (AvgIpc) is 2.68. The van der Waals surface area contributed by atoms with Gasteiger partial charge in [0.2, 0.25) is 0 Å². The van der Waals surface area contributed by atoms with E-state index in [-0.39, 0.29) is 11.3 Å². The van der Waals surface area contributed by atoms with Gasteiger partial charge < -0.3 is 15.4 Å². The van der Waals surface area contributed by atoms with Gasteiger partial charge in [0, 0.05) is 11.9 Å². The van der Waals surface area contributed by atoms with Crippen molar-refractivity contribution in [3.05, 3.63) is 78.1 Å². The summed E-state index contributed by atoms with van der Waals surface area (Å²) < 4.78 is 43.7. The van der Waals surface area contributed by atoms with E-state index in [2.05, 4.69) is 15.6 Å². The monoisotopic (exact) mass is 387 g/mol. The standard InChI is InChI=1S/C20H16F3N3O2/c1-28-18-8-3-2-7-17(18)25-16-9-13(11-24-12-16)19(27)26-15-6-4-5-14(10-15)20(21,22)23/h2-12,25H,1H3,(H,26,27). The summed E-state index contributed by atoms with van der Waals surface area (Å²) >= 11 is 0. The molecule has 28 heavy (non-hydrogen) atoms. The molecule has 5 nitrogen and oxygen atoms in total. The molecule has 0 bridgehead atoms. The normalized spacial score (nSPS) is 11.0. The molecule has 144 valence electrons. The Balaban J connectivity index is 1.77. The van der Waals surface area contributed by atoms with Gasteiger partial charge in [-0.1, -0.05) is 18.2 Å². The Morgan fingerprint density at radius 3 is 2.54 bits per heavy atom. The number of aromatic nitrogens is 1. The first-order valence-electron chi connectivity index (χ1n) is 8.20. The molecule has 8 heteroatoms. The van der Waals surface area contributed by atoms with Crippen LogP contribution in [0.15, 0.2) is 67.0 Å². The number of amides is 1. The SMILES string of the molecule is COc1ccccc1Nc1cncc(C(=O)Nc2cccc(C(F)(F)F)c2)c1. The molecule has 0 fully saturated rings. The molecule has 0 aliphatic heterocycles. The maximum Gasteiger partial charge on any atom is 0.416 e. The van der Waals surface area contributed by atoms with Gasteiger partial charge in [0.15, 0.2) is 0 Å². The number of anilines is 3. The molecule has 0 unspecified atom stereocenters. The van der Waals surface area contributed by atoms with Crippen LogP contribution in [-0.2, 0) is 6.18 Å². The number of halogens is 3. The summed E-state index contributed by atoms with van der Waals surface area (Å²) in [7, 11) is 1.54. The molecule has 0 radical (unpaired) electrons. The summed E-state index contributed by atoms with van der Waals surface area (Å²) in [6, 6.07) is 13.2. The van der Waals surface area contributed by atoms with Gasteiger partial charge in [0.05, 0.1) is 35.8 Å². The van der Waals surface area contributed by atoms with E-state index in [1.54, 1.807) is 18.2 Å². The van der Waals surface area contributed by atoms with Gasteiger partial charge in [-0.25, -0.2) is 0 Å². The van der Waals surface area contributed by atoms with Crippen molar-refractivity contribution in [3.63, 3.8) is 0 Å². The second-order valence-corrected chi connectivity index (χ2v) is 5.82. The first kappa shape index (κ1) is 19.2. The lowest BCUT2D eigenvalue weighted by atomic mass is 10.2. The third kappa shape index (κ3) is 4.59. The highest BCUT2D eigenvalue weighted by Gasteiger charge is 2.30. The van der Waals surface area contributed by atoms with Crippen molar-refractivity contribution in [2.45, 2.75) is 6.18 Å². The molecule has 2 aromatic carbocycles. The second-order valence-electron chi connectivity index (χ2n) is 5.82. The van der Waals surface area contributed by atoms with Crippen LogP contribution in [0.3, 0.4) is 0 Å². The summed E-state index contributed by atoms with van der Waals surface area (Å²) in [6.45, 7) is 0. The largest absolute Gasteiger partial charge is 0.495 e. The lowest BCUT2D eigenvalue weighted by Gasteiger charge is -2.12. The van der Waals surface area contributed by atoms with Gasteiger partial charge >= 0.3 is 6.18 Å². The first-order valence-corrected chi connectivity index (χ1v) is 8.20. The van der Waals surface area contributed by atoms with Crippen LogP contribution in [0.1, 0.15) is 15.9 Å². The van der Waals surface area contributed by atoms with E-state index in [1.165, 1.54) is 31.6 Å². The fourth-order valence-corrected chi connectivity index (χ4v) is 2.51. The van der Waals surface area contributed by atoms with E-state index in [0.29, 0.717) is 17.1 Å². The zero-order valence-corrected chi connectivity index (χ0v) is 14.7. The van der Waals surface area contributed by atoms with Crippen molar-refractivity contribution in [1.82, 2.24) is 4.98 Å². The minimum Gasteiger partial charge on any atom is -0.495 e. The topological polar surface area (TPSA) is 63.2 Å². The number of methoxy groups -OCH3 is 1. The van der Waals surface area contributed by atoms with E-state index >= 15 is 0 Å². The number of rotatable bonds is 5. The van der Waals surface area contributed by atoms with E-state index in [1.807, 2.05) is 12.1 Å². The third-order valence-electron chi connectivity index (χ3n) is 3.83. The molecule has 3 rings (SSSR count). The maximum atomic E-state index is 12.8. The van der Waals surface area contributed by atoms with Crippen molar-refractivity contribution in [2.75, 3.05) is 17.7 Å². The molecule has 0 aliphatic carbocycles. The predicted molar refractivity (Wildman–Crippen MR) is 99.9 cm³/mol. The van der Waals surface area contributed by atoms with E-state index in [0.717, 1.165) is 12.1 Å². The molecule has 0 saturated heterocycles. The number of carbonyl (C=O) groups is 1. The van der Waals surface area contributed by atoms with E-state index < -0.39 is 17.6 Å². The Hall–Kier alpha value is -3.55. The predicted octanol–water partition coefficient (Wildman–Crippen LogP) is 5.10. The number of nitrogens with zero attached hydrogens (tertiary/aromatic N) is 1. The number of carbonyl (C=O) groups excluding carboxylic acids is 1. The number of alkyl halides is 3. The lowest BCUT2D eigenvalue weighted by Crippen LogP contribution is -2.13. The number of para-hydroxylation sites is 2. The van der Waals surface area contributed by atoms with Gasteiger partial charge in [0.1, 0.15) is 5.75 Å². The van der Waals surface area contributed by atoms with E-state index in [4.69, 9.17) is 4.74 Å². The average molecular weight is 387 g/mol. The van der Waals surface area contributed by atoms with Gasteiger partial charge in [0.25, 0.3) is 5.91 Å². The molecule has 1 heterocycles. The highest BCUT2D eigenvalue weighted by Crippen LogP contribution is 2.31. The molecule has 3 aromatic rings. The van der Waals surface area contributed by atoms with Gasteiger partial charge in [-0.15, -0.1) is 0 Å². The number of nitrogens with one attached hydrogen (secondary N) is 2. The molecule has 0 saturated carbocycles. The van der Waals surface area contributed by atoms with Crippen molar-refractivity contribution >= 4 is 23.0 Å². The Morgan fingerprint density at radius 1 is 1.00 bits per heavy atom. The highest BCUT2D eigenvalue weighted by molar-refractivity contribution is 6.04. The Bertz CT molecular complexity index is 990. The van der Waals surface area contributed by atoms with Crippen LogP contribution in [0.25, 0.3) is 0 Å². The molecule has 0 atom stereocenters. The van der Waals surface area contributed by atoms with Crippen LogP contribution in [0.4, 0.5) is 30.2 Å². The lowest BCUT2D eigenvalue weighted by molar-refractivity contribution is -0.137. The minimum atomic E-state index is -4.49. The van der Waals surface area contributed by atoms with Crippen LogP contribution in [0, 0.1) is 0 Å². The van der Waals surface area contributed by atoms with Gasteiger partial charge in [-0.05, 0) is 36.4 Å². The Labute approximate surface area is 159 Å². The molecule has 0 aliphatic rings. The third-order valence-corrected chi connectivity index (χ3v) is 3.83. The van der Waals surface area contributed by atoms with Gasteiger partial charge in [-0.2, -0.15) is 13.2 Å². The molecule has 1 aromatic heterocycles. The van der Waals surface area contributed by atoms with Crippen LogP contribution in [-0.4, -0.2) is 18.0 Å². The summed E-state index contributed by atoms with van der Waals surface area (Å²) in [5, 5.41) is 5.55. The molecule has 2 N–H and O–H groups in total. The molecular formula is C20H16F3N3O2. The molecule has 0 spiro atoms. The van der Waals surface area contributed by atoms with Crippen molar-refractivity contribution in [3.8, 4) is 5.75 Å². The first-order chi connectivity index (χ1) is 13.4. The summed E-state index contributed by atoms with van der Waals surface area (Å²) in [5.41, 5.74) is 0.610. The van der Waals surface area contributed by atoms with Crippen molar-refractivity contribution < 1.29 is 22.7 Å². The van der Waals surface area contributed by atoms with Gasteiger partial charge in [-0.3, -0.25) is 9.78 Å². The van der Waals surface area contributed by atoms with Crippen LogP contribution in [0.2, 0.25) is 0 Å². The Kier molecular flexibility index (Phi) is 5.49. The summed E-state index contributed by atoms with van der Waals surface area (Å²) in [4.78, 5) is 16.4. The highest BCUT2D eigenvalue weighted by atomic mass is 19.4. The molecule has 1 amide bonds. The minimum absolute atomic E-state index is 0.0444. The fraction of sp³-hybridized carbons (Fsp3) is 0.100. The summed E-state index contributed by atoms with van der Waals surface area (Å²) in [6.07, 6.45) is -1.63. The number of ether oxygens (including phenoxy) is 1. The quantitative estimate of drug-likeness (QED) is 0.639. The summed E-state index contributed by atoms with van der Waals surface area (Å²) in [5.74, 6) is 0.0387. The fourth-order valence-electron chi connectivity index (χ4n) is 2.51. The Morgan fingerprint density at radius 2 is 1.79 bits per heavy atom. The van der Waals surface area contributed by atoms with Crippen LogP contribution < -0.4 is 15.4 Å². The van der Waals surface area contributed by atoms with Crippen molar-refractivity contribution in [1.29, 1.82) is 0 Å². The number of hydrogen-bond acceptors (Lipinski definition) is 4. The number of hydrogen-bond donors (Lipinski definition) is 2. The zero-order chi connectivity index (χ0) is 20.1. The smallest absolute Gasteiger partial charge is 0.416 e. The molecular weight excluding hydrogens is 371 g/mol. The zero-order valence-electron chi connectivity index (χ0n) is 14.7. The second kappa shape index (κ2) is 7.99. The van der Waals surface area contributed by atoms with Crippen LogP contribution >= 0.6 is 0 Å². The number of benzene rings is 2.